The van der Waals surface area contributed by atoms with Crippen molar-refractivity contribution in [3.63, 3.8) is 0 Å². The minimum atomic E-state index is -5.34. The molecule has 4 nitrogen and oxygen atoms in total. The lowest BCUT2D eigenvalue weighted by molar-refractivity contribution is -0.289. The normalized spacial score (nSPS) is 17.4. The summed E-state index contributed by atoms with van der Waals surface area (Å²) in [5, 5.41) is 4.44. The SMILES string of the molecule is Cn1cc(CN2CCN(C(C(F)(F)F)C(F)(F)F)CC2)c(-c2ccccc2)n1. The Kier molecular flexibility index (Phi) is 5.72. The van der Waals surface area contributed by atoms with E-state index in [0.29, 0.717) is 11.4 Å². The van der Waals surface area contributed by atoms with Crippen LogP contribution in [0.5, 0.6) is 0 Å². The van der Waals surface area contributed by atoms with Crippen LogP contribution in [0.25, 0.3) is 11.3 Å². The Morgan fingerprint density at radius 1 is 0.929 bits per heavy atom. The number of hydrogen-bond acceptors (Lipinski definition) is 3. The third-order valence-electron chi connectivity index (χ3n) is 4.74. The van der Waals surface area contributed by atoms with Gasteiger partial charge in [-0.2, -0.15) is 31.4 Å². The maximum Gasteiger partial charge on any atom is 0.412 e. The predicted octanol–water partition coefficient (Wildman–Crippen LogP) is 3.70. The van der Waals surface area contributed by atoms with Gasteiger partial charge < -0.3 is 0 Å². The van der Waals surface area contributed by atoms with Crippen molar-refractivity contribution in [2.45, 2.75) is 24.9 Å². The third kappa shape index (κ3) is 4.67. The van der Waals surface area contributed by atoms with Crippen LogP contribution in [-0.4, -0.2) is 64.2 Å². The van der Waals surface area contributed by atoms with E-state index in [4.69, 9.17) is 0 Å². The van der Waals surface area contributed by atoms with Crippen LogP contribution in [0, 0.1) is 0 Å². The van der Waals surface area contributed by atoms with Crippen molar-refractivity contribution in [1.82, 2.24) is 19.6 Å². The molecular formula is C18H20F6N4. The molecule has 3 rings (SSSR count). The fraction of sp³-hybridized carbons (Fsp3) is 0.500. The van der Waals surface area contributed by atoms with E-state index in [1.165, 1.54) is 0 Å². The molecule has 28 heavy (non-hydrogen) atoms. The molecule has 1 aliphatic rings. The number of aromatic nitrogens is 2. The van der Waals surface area contributed by atoms with Crippen molar-refractivity contribution in [1.29, 1.82) is 0 Å². The van der Waals surface area contributed by atoms with Crippen LogP contribution < -0.4 is 0 Å². The quantitative estimate of drug-likeness (QED) is 0.724. The maximum absolute atomic E-state index is 12.9. The summed E-state index contributed by atoms with van der Waals surface area (Å²) in [5.74, 6) is 0. The third-order valence-corrected chi connectivity index (χ3v) is 4.74. The molecule has 1 aromatic carbocycles. The molecule has 10 heteroatoms. The highest BCUT2D eigenvalue weighted by Gasteiger charge is 2.59. The lowest BCUT2D eigenvalue weighted by Crippen LogP contribution is -2.60. The Balaban J connectivity index is 1.69. The highest BCUT2D eigenvalue weighted by molar-refractivity contribution is 5.62. The van der Waals surface area contributed by atoms with Crippen molar-refractivity contribution >= 4 is 0 Å². The van der Waals surface area contributed by atoms with Crippen LogP contribution in [0.1, 0.15) is 5.56 Å². The first-order valence-electron chi connectivity index (χ1n) is 8.73. The van der Waals surface area contributed by atoms with Crippen LogP contribution >= 0.6 is 0 Å². The molecule has 0 spiro atoms. The smallest absolute Gasteiger partial charge is 0.296 e. The van der Waals surface area contributed by atoms with E-state index in [0.717, 1.165) is 16.8 Å². The summed E-state index contributed by atoms with van der Waals surface area (Å²) in [4.78, 5) is 2.32. The summed E-state index contributed by atoms with van der Waals surface area (Å²) in [6.45, 7) is 0.0431. The molecule has 0 bridgehead atoms. The zero-order valence-corrected chi connectivity index (χ0v) is 15.1. The summed E-state index contributed by atoms with van der Waals surface area (Å²) in [7, 11) is 1.77. The van der Waals surface area contributed by atoms with E-state index in [2.05, 4.69) is 5.10 Å². The lowest BCUT2D eigenvalue weighted by Gasteiger charge is -2.40. The summed E-state index contributed by atoms with van der Waals surface area (Å²) in [5.41, 5.74) is 2.55. The first-order chi connectivity index (χ1) is 13.1. The van der Waals surface area contributed by atoms with Gasteiger partial charge in [0.25, 0.3) is 0 Å². The molecule has 0 saturated carbocycles. The number of halogens is 6. The van der Waals surface area contributed by atoms with Crippen LogP contribution in [0.4, 0.5) is 26.3 Å². The Labute approximate surface area is 158 Å². The summed E-state index contributed by atoms with van der Waals surface area (Å²) in [6.07, 6.45) is -8.86. The average Bonchev–Trinajstić information content (AvgIpc) is 2.95. The molecule has 0 aliphatic carbocycles. The highest BCUT2D eigenvalue weighted by Crippen LogP contribution is 2.37. The zero-order chi connectivity index (χ0) is 20.5. The van der Waals surface area contributed by atoms with E-state index < -0.39 is 18.4 Å². The minimum absolute atomic E-state index is 0.117. The van der Waals surface area contributed by atoms with Crippen molar-refractivity contribution in [3.05, 3.63) is 42.1 Å². The van der Waals surface area contributed by atoms with Crippen LogP contribution in [-0.2, 0) is 13.6 Å². The van der Waals surface area contributed by atoms with Crippen molar-refractivity contribution in [2.75, 3.05) is 26.2 Å². The molecule has 0 unspecified atom stereocenters. The fourth-order valence-electron chi connectivity index (χ4n) is 3.51. The number of piperazine rings is 1. The monoisotopic (exact) mass is 406 g/mol. The second kappa shape index (κ2) is 7.75. The summed E-state index contributed by atoms with van der Waals surface area (Å²) < 4.78 is 79.1. The molecule has 0 radical (unpaired) electrons. The molecule has 1 aliphatic heterocycles. The van der Waals surface area contributed by atoms with Gasteiger partial charge in [-0.15, -0.1) is 0 Å². The molecule has 1 aromatic heterocycles. The lowest BCUT2D eigenvalue weighted by atomic mass is 10.1. The van der Waals surface area contributed by atoms with Gasteiger partial charge in [-0.05, 0) is 0 Å². The van der Waals surface area contributed by atoms with Crippen LogP contribution in [0.15, 0.2) is 36.5 Å². The molecular weight excluding hydrogens is 386 g/mol. The van der Waals surface area contributed by atoms with Gasteiger partial charge in [0, 0.05) is 57.1 Å². The Morgan fingerprint density at radius 2 is 1.50 bits per heavy atom. The van der Waals surface area contributed by atoms with Gasteiger partial charge in [0.15, 0.2) is 0 Å². The molecule has 154 valence electrons. The van der Waals surface area contributed by atoms with Gasteiger partial charge in [0.2, 0.25) is 6.04 Å². The molecule has 0 amide bonds. The van der Waals surface area contributed by atoms with Crippen molar-refractivity contribution in [3.8, 4) is 11.3 Å². The Bertz CT molecular complexity index is 762. The van der Waals surface area contributed by atoms with Gasteiger partial charge in [-0.25, -0.2) is 0 Å². The minimum Gasteiger partial charge on any atom is -0.296 e. The number of rotatable bonds is 4. The first-order valence-corrected chi connectivity index (χ1v) is 8.73. The van der Waals surface area contributed by atoms with Crippen molar-refractivity contribution < 1.29 is 26.3 Å². The van der Waals surface area contributed by atoms with E-state index in [-0.39, 0.29) is 26.2 Å². The summed E-state index contributed by atoms with van der Waals surface area (Å²) >= 11 is 0. The number of nitrogens with zero attached hydrogens (tertiary/aromatic N) is 4. The average molecular weight is 406 g/mol. The van der Waals surface area contributed by atoms with E-state index in [9.17, 15) is 26.3 Å². The molecule has 2 aromatic rings. The fourth-order valence-corrected chi connectivity index (χ4v) is 3.51. The Hall–Kier alpha value is -2.07. The first kappa shape index (κ1) is 20.7. The number of benzene rings is 1. The van der Waals surface area contributed by atoms with E-state index in [1.54, 1.807) is 11.7 Å². The second-order valence-electron chi connectivity index (χ2n) is 6.84. The molecule has 1 fully saturated rings. The van der Waals surface area contributed by atoms with Gasteiger partial charge in [0.1, 0.15) is 0 Å². The van der Waals surface area contributed by atoms with Gasteiger partial charge in [-0.1, -0.05) is 30.3 Å². The largest absolute Gasteiger partial charge is 0.412 e. The standard InChI is InChI=1S/C18H20F6N4/c1-26-11-14(15(25-26)13-5-3-2-4-6-13)12-27-7-9-28(10-8-27)16(17(19,20)21)18(22,23)24/h2-6,11,16H,7-10,12H2,1H3. The maximum atomic E-state index is 12.9. The predicted molar refractivity (Wildman–Crippen MR) is 91.4 cm³/mol. The summed E-state index contributed by atoms with van der Waals surface area (Å²) in [6, 6.07) is 6.02. The van der Waals surface area contributed by atoms with Gasteiger partial charge in [-0.3, -0.25) is 14.5 Å². The van der Waals surface area contributed by atoms with Crippen LogP contribution in [0.3, 0.4) is 0 Å². The topological polar surface area (TPSA) is 24.3 Å². The van der Waals surface area contributed by atoms with E-state index in [1.807, 2.05) is 41.4 Å². The second-order valence-corrected chi connectivity index (χ2v) is 6.84. The van der Waals surface area contributed by atoms with Crippen molar-refractivity contribution in [2.24, 2.45) is 7.05 Å². The molecule has 1 saturated heterocycles. The molecule has 2 heterocycles. The van der Waals surface area contributed by atoms with Crippen LogP contribution in [0.2, 0.25) is 0 Å². The zero-order valence-electron chi connectivity index (χ0n) is 15.1. The Morgan fingerprint density at radius 3 is 2.04 bits per heavy atom. The number of aryl methyl sites for hydroxylation is 1. The van der Waals surface area contributed by atoms with Gasteiger partial charge in [0.05, 0.1) is 5.69 Å². The van der Waals surface area contributed by atoms with E-state index >= 15 is 0 Å². The molecule has 0 atom stereocenters. The number of alkyl halides is 6. The van der Waals surface area contributed by atoms with Gasteiger partial charge >= 0.3 is 12.4 Å². The molecule has 0 N–H and O–H groups in total. The number of hydrogen-bond donors (Lipinski definition) is 0. The highest BCUT2D eigenvalue weighted by atomic mass is 19.4.